The molecule has 3 unspecified atom stereocenters. The second-order valence-corrected chi connectivity index (χ2v) is 5.13. The molecule has 3 N–H and O–H groups in total. The Morgan fingerprint density at radius 2 is 2.05 bits per heavy atom. The van der Waals surface area contributed by atoms with Gasteiger partial charge in [-0.05, 0) is 31.0 Å². The van der Waals surface area contributed by atoms with E-state index in [9.17, 15) is 9.59 Å². The molecule has 1 aromatic carbocycles. The fourth-order valence-corrected chi connectivity index (χ4v) is 2.52. The lowest BCUT2D eigenvalue weighted by Crippen LogP contribution is -2.55. The van der Waals surface area contributed by atoms with Crippen LogP contribution in [0.25, 0.3) is 0 Å². The lowest BCUT2D eigenvalue weighted by atomic mass is 9.83. The number of nitrogens with one attached hydrogen (secondary N) is 2. The van der Waals surface area contributed by atoms with Crippen LogP contribution in [0.3, 0.4) is 0 Å². The molecule has 19 heavy (non-hydrogen) atoms. The highest BCUT2D eigenvalue weighted by Gasteiger charge is 2.34. The average molecular weight is 283 g/mol. The van der Waals surface area contributed by atoms with E-state index in [4.69, 9.17) is 16.7 Å². The Hall–Kier alpha value is -1.75. The number of halogens is 1. The summed E-state index contributed by atoms with van der Waals surface area (Å²) in [5.74, 6) is -0.216. The molecular weight excluding hydrogens is 268 g/mol. The zero-order chi connectivity index (χ0) is 14.0. The first-order chi connectivity index (χ1) is 8.97. The van der Waals surface area contributed by atoms with Gasteiger partial charge in [0.05, 0.1) is 0 Å². The summed E-state index contributed by atoms with van der Waals surface area (Å²) in [7, 11) is 0. The molecule has 3 atom stereocenters. The second kappa shape index (κ2) is 5.48. The molecule has 0 aliphatic carbocycles. The summed E-state index contributed by atoms with van der Waals surface area (Å²) in [5, 5.41) is 14.4. The number of amides is 2. The number of carbonyl (C=O) groups is 2. The largest absolute Gasteiger partial charge is 0.465 e. The summed E-state index contributed by atoms with van der Waals surface area (Å²) in [6.45, 7) is 1.91. The summed E-state index contributed by atoms with van der Waals surface area (Å²) in [5.41, 5.74) is 1.04. The molecule has 0 spiro atoms. The van der Waals surface area contributed by atoms with Crippen LogP contribution in [-0.2, 0) is 4.79 Å². The van der Waals surface area contributed by atoms with E-state index in [-0.39, 0.29) is 17.9 Å². The molecule has 1 saturated heterocycles. The molecule has 102 valence electrons. The Bertz CT molecular complexity index is 489. The van der Waals surface area contributed by atoms with Crippen LogP contribution in [0, 0.1) is 0 Å². The maximum Gasteiger partial charge on any atom is 0.405 e. The topological polar surface area (TPSA) is 78.4 Å². The van der Waals surface area contributed by atoms with Gasteiger partial charge in [0.15, 0.2) is 0 Å². The van der Waals surface area contributed by atoms with Gasteiger partial charge >= 0.3 is 6.09 Å². The van der Waals surface area contributed by atoms with E-state index in [1.807, 2.05) is 19.1 Å². The van der Waals surface area contributed by atoms with Crippen LogP contribution in [0.15, 0.2) is 24.3 Å². The first kappa shape index (κ1) is 13.7. The first-order valence-electron chi connectivity index (χ1n) is 6.02. The highest BCUT2D eigenvalue weighted by atomic mass is 35.5. The normalized spacial score (nSPS) is 26.6. The van der Waals surface area contributed by atoms with Crippen molar-refractivity contribution in [3.8, 4) is 0 Å². The summed E-state index contributed by atoms with van der Waals surface area (Å²) >= 11 is 5.85. The number of benzene rings is 1. The molecular formula is C13H15ClN2O3. The smallest absolute Gasteiger partial charge is 0.405 e. The SMILES string of the molecule is CC1NC(=O)C(NC(=O)O)CC1c1ccc(Cl)cc1. The van der Waals surface area contributed by atoms with E-state index in [0.717, 1.165) is 5.56 Å². The molecule has 1 heterocycles. The highest BCUT2D eigenvalue weighted by molar-refractivity contribution is 6.30. The summed E-state index contributed by atoms with van der Waals surface area (Å²) in [6, 6.07) is 6.63. The van der Waals surface area contributed by atoms with Crippen LogP contribution >= 0.6 is 11.6 Å². The van der Waals surface area contributed by atoms with E-state index in [2.05, 4.69) is 10.6 Å². The Labute approximate surface area is 116 Å². The van der Waals surface area contributed by atoms with Gasteiger partial charge in [0.2, 0.25) is 5.91 Å². The predicted molar refractivity (Wildman–Crippen MR) is 71.4 cm³/mol. The number of carbonyl (C=O) groups excluding carboxylic acids is 1. The molecule has 0 radical (unpaired) electrons. The Kier molecular flexibility index (Phi) is 3.95. The van der Waals surface area contributed by atoms with E-state index in [0.29, 0.717) is 11.4 Å². The van der Waals surface area contributed by atoms with Gasteiger partial charge in [0.1, 0.15) is 6.04 Å². The quantitative estimate of drug-likeness (QED) is 0.776. The van der Waals surface area contributed by atoms with Gasteiger partial charge in [-0.15, -0.1) is 0 Å². The van der Waals surface area contributed by atoms with E-state index >= 15 is 0 Å². The number of carboxylic acid groups (broad SMARTS) is 1. The van der Waals surface area contributed by atoms with Crippen molar-refractivity contribution in [2.75, 3.05) is 0 Å². The van der Waals surface area contributed by atoms with Gasteiger partial charge in [-0.2, -0.15) is 0 Å². The molecule has 0 bridgehead atoms. The van der Waals surface area contributed by atoms with Crippen molar-refractivity contribution in [2.24, 2.45) is 0 Å². The number of rotatable bonds is 2. The monoisotopic (exact) mass is 282 g/mol. The zero-order valence-electron chi connectivity index (χ0n) is 10.4. The predicted octanol–water partition coefficient (Wildman–Crippen LogP) is 1.97. The molecule has 0 saturated carbocycles. The molecule has 1 aliphatic heterocycles. The average Bonchev–Trinajstić information content (AvgIpc) is 2.33. The minimum absolute atomic E-state index is 0.0412. The number of hydrogen-bond donors (Lipinski definition) is 3. The van der Waals surface area contributed by atoms with Crippen LogP contribution in [0.1, 0.15) is 24.8 Å². The number of hydrogen-bond acceptors (Lipinski definition) is 2. The molecule has 2 rings (SSSR count). The van der Waals surface area contributed by atoms with Crippen LogP contribution in [0.5, 0.6) is 0 Å². The molecule has 1 aliphatic rings. The zero-order valence-corrected chi connectivity index (χ0v) is 11.1. The standard InChI is InChI=1S/C13H15ClN2O3/c1-7-10(8-2-4-9(14)5-3-8)6-11(12(17)15-7)16-13(18)19/h2-5,7,10-11,16H,6H2,1H3,(H,15,17)(H,18,19). The highest BCUT2D eigenvalue weighted by Crippen LogP contribution is 2.29. The van der Waals surface area contributed by atoms with Crippen molar-refractivity contribution in [3.63, 3.8) is 0 Å². The minimum atomic E-state index is -1.19. The van der Waals surface area contributed by atoms with Crippen molar-refractivity contribution in [1.29, 1.82) is 0 Å². The van der Waals surface area contributed by atoms with Gasteiger partial charge in [0, 0.05) is 17.0 Å². The molecule has 1 aromatic rings. The molecule has 5 nitrogen and oxygen atoms in total. The second-order valence-electron chi connectivity index (χ2n) is 4.69. The van der Waals surface area contributed by atoms with Gasteiger partial charge < -0.3 is 15.7 Å². The van der Waals surface area contributed by atoms with Crippen molar-refractivity contribution >= 4 is 23.6 Å². The Balaban J connectivity index is 2.17. The van der Waals surface area contributed by atoms with Gasteiger partial charge in [-0.25, -0.2) is 4.79 Å². The van der Waals surface area contributed by atoms with Crippen molar-refractivity contribution in [1.82, 2.24) is 10.6 Å². The molecule has 0 aromatic heterocycles. The van der Waals surface area contributed by atoms with Gasteiger partial charge in [-0.1, -0.05) is 23.7 Å². The van der Waals surface area contributed by atoms with Crippen molar-refractivity contribution in [3.05, 3.63) is 34.9 Å². The fraction of sp³-hybridized carbons (Fsp3) is 0.385. The maximum absolute atomic E-state index is 11.7. The lowest BCUT2D eigenvalue weighted by molar-refractivity contribution is -0.125. The van der Waals surface area contributed by atoms with E-state index < -0.39 is 12.1 Å². The van der Waals surface area contributed by atoms with Crippen molar-refractivity contribution < 1.29 is 14.7 Å². The van der Waals surface area contributed by atoms with Crippen molar-refractivity contribution in [2.45, 2.75) is 31.3 Å². The first-order valence-corrected chi connectivity index (χ1v) is 6.40. The van der Waals surface area contributed by atoms with E-state index in [1.54, 1.807) is 12.1 Å². The molecule has 2 amide bonds. The summed E-state index contributed by atoms with van der Waals surface area (Å²) < 4.78 is 0. The third kappa shape index (κ3) is 3.17. The number of piperidine rings is 1. The molecule has 6 heteroatoms. The van der Waals surface area contributed by atoms with Crippen LogP contribution < -0.4 is 10.6 Å². The fourth-order valence-electron chi connectivity index (χ4n) is 2.40. The molecule has 1 fully saturated rings. The van der Waals surface area contributed by atoms with Gasteiger partial charge in [-0.3, -0.25) is 4.79 Å². The van der Waals surface area contributed by atoms with Crippen LogP contribution in [0.2, 0.25) is 5.02 Å². The lowest BCUT2D eigenvalue weighted by Gasteiger charge is -2.34. The van der Waals surface area contributed by atoms with Crippen LogP contribution in [-0.4, -0.2) is 29.2 Å². The summed E-state index contributed by atoms with van der Waals surface area (Å²) in [4.78, 5) is 22.4. The third-order valence-corrected chi connectivity index (χ3v) is 3.63. The Morgan fingerprint density at radius 1 is 1.42 bits per heavy atom. The summed E-state index contributed by atoms with van der Waals surface area (Å²) in [6.07, 6.45) is -0.745. The minimum Gasteiger partial charge on any atom is -0.465 e. The van der Waals surface area contributed by atoms with Gasteiger partial charge in [0.25, 0.3) is 0 Å². The third-order valence-electron chi connectivity index (χ3n) is 3.38. The van der Waals surface area contributed by atoms with Crippen LogP contribution in [0.4, 0.5) is 4.79 Å². The van der Waals surface area contributed by atoms with E-state index in [1.165, 1.54) is 0 Å². The Morgan fingerprint density at radius 3 is 2.63 bits per heavy atom. The maximum atomic E-state index is 11.7.